The molecular weight excluding hydrogens is 549 g/mol. The van der Waals surface area contributed by atoms with Gasteiger partial charge in [0.2, 0.25) is 0 Å². The molecule has 218 valence electrons. The quantitative estimate of drug-likeness (QED) is 0.268. The molecule has 1 aliphatic rings. The zero-order valence-electron chi connectivity index (χ0n) is 22.8. The summed E-state index contributed by atoms with van der Waals surface area (Å²) in [5.74, 6) is 0.0810. The third kappa shape index (κ3) is 7.49. The highest BCUT2D eigenvalue weighted by Crippen LogP contribution is 2.31. The Morgan fingerprint density at radius 3 is 2.26 bits per heavy atom. The van der Waals surface area contributed by atoms with Crippen LogP contribution in [0.4, 0.5) is 24.5 Å². The second-order valence-electron chi connectivity index (χ2n) is 9.84. The van der Waals surface area contributed by atoms with Crippen LogP contribution in [0.15, 0.2) is 85.2 Å². The Morgan fingerprint density at radius 2 is 1.62 bits per heavy atom. The number of aromatic nitrogens is 1. The number of anilines is 2. The smallest absolute Gasteiger partial charge is 0.506 e. The molecule has 8 nitrogen and oxygen atoms in total. The minimum absolute atomic E-state index is 0.0850. The number of amides is 1. The van der Waals surface area contributed by atoms with Crippen LogP contribution >= 0.6 is 0 Å². The van der Waals surface area contributed by atoms with Crippen molar-refractivity contribution in [1.82, 2.24) is 9.88 Å². The minimum atomic E-state index is -4.83. The van der Waals surface area contributed by atoms with Gasteiger partial charge in [-0.25, -0.2) is 0 Å². The Morgan fingerprint density at radius 1 is 0.905 bits per heavy atom. The topological polar surface area (TPSA) is 87.2 Å². The van der Waals surface area contributed by atoms with Crippen LogP contribution < -0.4 is 19.7 Å². The van der Waals surface area contributed by atoms with Gasteiger partial charge in [0.05, 0.1) is 13.3 Å². The van der Waals surface area contributed by atoms with E-state index in [1.54, 1.807) is 49.6 Å². The lowest BCUT2D eigenvalue weighted by atomic mass is 10.0. The Labute approximate surface area is 240 Å². The van der Waals surface area contributed by atoms with Crippen molar-refractivity contribution in [3.63, 3.8) is 0 Å². The molecule has 3 aromatic carbocycles. The first kappa shape index (κ1) is 28.7. The van der Waals surface area contributed by atoms with E-state index in [1.165, 1.54) is 30.6 Å². The van der Waals surface area contributed by atoms with Crippen molar-refractivity contribution < 1.29 is 32.5 Å². The average Bonchev–Trinajstić information content (AvgIpc) is 2.97. The van der Waals surface area contributed by atoms with E-state index in [9.17, 15) is 23.1 Å². The second kappa shape index (κ2) is 12.4. The number of nitrogens with zero attached hydrogens (tertiary/aromatic N) is 3. The summed E-state index contributed by atoms with van der Waals surface area (Å²) >= 11 is 0. The van der Waals surface area contributed by atoms with E-state index < -0.39 is 6.36 Å². The standard InChI is InChI=1S/C31H29F3N4O4/c1-41-28-8-4-25(5-9-28)36-30(40)22-2-6-26(7-3-22)38-12-10-37(11-13-38)20-21-14-23(24-16-27(39)19-35-18-24)17-29(15-21)42-31(32,33)34/h2-9,14-19,39H,10-13,20H2,1H3,(H,36,40). The highest BCUT2D eigenvalue weighted by molar-refractivity contribution is 6.04. The van der Waals surface area contributed by atoms with Gasteiger partial charge in [0, 0.05) is 61.4 Å². The first-order valence-electron chi connectivity index (χ1n) is 13.2. The molecule has 0 aliphatic carbocycles. The fraction of sp³-hybridized carbons (Fsp3) is 0.226. The molecule has 2 N–H and O–H groups in total. The van der Waals surface area contributed by atoms with Crippen molar-refractivity contribution in [3.8, 4) is 28.4 Å². The number of piperazine rings is 1. The van der Waals surface area contributed by atoms with Crippen LogP contribution in [-0.2, 0) is 6.54 Å². The van der Waals surface area contributed by atoms with E-state index in [1.807, 2.05) is 12.1 Å². The Balaban J connectivity index is 1.21. The highest BCUT2D eigenvalue weighted by Gasteiger charge is 2.31. The van der Waals surface area contributed by atoms with E-state index in [2.05, 4.69) is 24.8 Å². The zero-order chi connectivity index (χ0) is 29.7. The molecule has 0 radical (unpaired) electrons. The molecule has 1 fully saturated rings. The first-order valence-corrected chi connectivity index (χ1v) is 13.2. The van der Waals surface area contributed by atoms with Crippen LogP contribution in [0.1, 0.15) is 15.9 Å². The van der Waals surface area contributed by atoms with Gasteiger partial charge in [-0.1, -0.05) is 0 Å². The third-order valence-electron chi connectivity index (χ3n) is 6.88. The minimum Gasteiger partial charge on any atom is -0.506 e. The summed E-state index contributed by atoms with van der Waals surface area (Å²) in [7, 11) is 1.58. The summed E-state index contributed by atoms with van der Waals surface area (Å²) in [5.41, 5.74) is 3.78. The lowest BCUT2D eigenvalue weighted by Gasteiger charge is -2.36. The molecule has 1 aromatic heterocycles. The number of hydrogen-bond donors (Lipinski definition) is 2. The van der Waals surface area contributed by atoms with Gasteiger partial charge < -0.3 is 24.8 Å². The maximum atomic E-state index is 13.0. The van der Waals surface area contributed by atoms with E-state index in [0.29, 0.717) is 66.4 Å². The Hall–Kier alpha value is -4.77. The molecule has 0 unspecified atom stereocenters. The van der Waals surface area contributed by atoms with Gasteiger partial charge in [0.25, 0.3) is 5.91 Å². The van der Waals surface area contributed by atoms with E-state index in [-0.39, 0.29) is 17.4 Å². The van der Waals surface area contributed by atoms with Gasteiger partial charge in [-0.15, -0.1) is 13.2 Å². The molecule has 11 heteroatoms. The molecular formula is C31H29F3N4O4. The number of nitrogens with one attached hydrogen (secondary N) is 1. The number of alkyl halides is 3. The number of aromatic hydroxyl groups is 1. The van der Waals surface area contributed by atoms with Crippen molar-refractivity contribution in [3.05, 3.63) is 96.3 Å². The van der Waals surface area contributed by atoms with E-state index in [0.717, 1.165) is 5.69 Å². The number of rotatable bonds is 8. The predicted molar refractivity (Wildman–Crippen MR) is 153 cm³/mol. The van der Waals surface area contributed by atoms with Crippen LogP contribution in [-0.4, -0.2) is 60.5 Å². The van der Waals surface area contributed by atoms with Gasteiger partial charge in [-0.05, 0) is 83.9 Å². The molecule has 0 atom stereocenters. The number of halogens is 3. The fourth-order valence-corrected chi connectivity index (χ4v) is 4.82. The molecule has 42 heavy (non-hydrogen) atoms. The number of benzene rings is 3. The van der Waals surface area contributed by atoms with Gasteiger partial charge >= 0.3 is 6.36 Å². The lowest BCUT2D eigenvalue weighted by molar-refractivity contribution is -0.274. The third-order valence-corrected chi connectivity index (χ3v) is 6.88. The van der Waals surface area contributed by atoms with Gasteiger partial charge in [-0.2, -0.15) is 0 Å². The molecule has 0 saturated carbocycles. The predicted octanol–water partition coefficient (Wildman–Crippen LogP) is 5.94. The fourth-order valence-electron chi connectivity index (χ4n) is 4.82. The molecule has 1 aliphatic heterocycles. The SMILES string of the molecule is COc1ccc(NC(=O)c2ccc(N3CCN(Cc4cc(OC(F)(F)F)cc(-c5cncc(O)c5)c4)CC3)cc2)cc1. The largest absolute Gasteiger partial charge is 0.573 e. The molecule has 2 heterocycles. The number of ether oxygens (including phenoxy) is 2. The number of carbonyl (C=O) groups excluding carboxylic acids is 1. The maximum absolute atomic E-state index is 13.0. The van der Waals surface area contributed by atoms with Crippen LogP contribution in [0, 0.1) is 0 Å². The number of pyridine rings is 1. The monoisotopic (exact) mass is 578 g/mol. The average molecular weight is 579 g/mol. The summed E-state index contributed by atoms with van der Waals surface area (Å²) < 4.78 is 48.4. The number of carbonyl (C=O) groups is 1. The number of hydrogen-bond acceptors (Lipinski definition) is 7. The maximum Gasteiger partial charge on any atom is 0.573 e. The van der Waals surface area contributed by atoms with Crippen molar-refractivity contribution in [2.45, 2.75) is 12.9 Å². The molecule has 5 rings (SSSR count). The molecule has 0 bridgehead atoms. The summed E-state index contributed by atoms with van der Waals surface area (Å²) in [6, 6.07) is 20.4. The summed E-state index contributed by atoms with van der Waals surface area (Å²) in [4.78, 5) is 20.9. The molecule has 1 amide bonds. The summed E-state index contributed by atoms with van der Waals surface area (Å²) in [6.07, 6.45) is -2.10. The van der Waals surface area contributed by atoms with Crippen LogP contribution in [0.25, 0.3) is 11.1 Å². The van der Waals surface area contributed by atoms with E-state index in [4.69, 9.17) is 4.74 Å². The normalized spacial score (nSPS) is 14.0. The highest BCUT2D eigenvalue weighted by atomic mass is 19.4. The first-order chi connectivity index (χ1) is 20.1. The van der Waals surface area contributed by atoms with Crippen LogP contribution in [0.3, 0.4) is 0 Å². The van der Waals surface area contributed by atoms with Crippen LogP contribution in [0.5, 0.6) is 17.2 Å². The van der Waals surface area contributed by atoms with Crippen molar-refractivity contribution in [1.29, 1.82) is 0 Å². The van der Waals surface area contributed by atoms with Crippen molar-refractivity contribution >= 4 is 17.3 Å². The molecule has 1 saturated heterocycles. The van der Waals surface area contributed by atoms with Crippen molar-refractivity contribution in [2.75, 3.05) is 43.5 Å². The Kier molecular flexibility index (Phi) is 8.48. The number of methoxy groups -OCH3 is 1. The summed E-state index contributed by atoms with van der Waals surface area (Å²) in [6.45, 7) is 3.21. The van der Waals surface area contributed by atoms with E-state index >= 15 is 0 Å². The van der Waals surface area contributed by atoms with Crippen molar-refractivity contribution in [2.24, 2.45) is 0 Å². The van der Waals surface area contributed by atoms with Gasteiger partial charge in [-0.3, -0.25) is 14.7 Å². The molecule has 4 aromatic rings. The lowest BCUT2D eigenvalue weighted by Crippen LogP contribution is -2.46. The molecule has 0 spiro atoms. The second-order valence-corrected chi connectivity index (χ2v) is 9.84. The van der Waals surface area contributed by atoms with Crippen LogP contribution in [0.2, 0.25) is 0 Å². The zero-order valence-corrected chi connectivity index (χ0v) is 22.8. The van der Waals surface area contributed by atoms with Gasteiger partial charge in [0.15, 0.2) is 0 Å². The Bertz CT molecular complexity index is 1520. The van der Waals surface area contributed by atoms with Gasteiger partial charge in [0.1, 0.15) is 17.2 Å². The summed E-state index contributed by atoms with van der Waals surface area (Å²) in [5, 5.41) is 12.7.